The number of hydrogen-bond acceptors (Lipinski definition) is 2. The average molecular weight is 229 g/mol. The van der Waals surface area contributed by atoms with Crippen LogP contribution in [-0.2, 0) is 12.6 Å². The van der Waals surface area contributed by atoms with Gasteiger partial charge in [-0.1, -0.05) is 18.2 Å². The number of aliphatic hydroxyl groups excluding tert-OH is 1. The van der Waals surface area contributed by atoms with E-state index in [4.69, 9.17) is 10.4 Å². The highest BCUT2D eigenvalue weighted by Crippen LogP contribution is 2.29. The van der Waals surface area contributed by atoms with Crippen LogP contribution in [0.1, 0.15) is 11.1 Å². The first-order chi connectivity index (χ1) is 7.47. The number of nitrogens with zero attached hydrogens (tertiary/aromatic N) is 1. The lowest BCUT2D eigenvalue weighted by molar-refractivity contribution is -0.137. The zero-order valence-corrected chi connectivity index (χ0v) is 8.33. The molecule has 0 amide bonds. The van der Waals surface area contributed by atoms with Crippen LogP contribution in [0.4, 0.5) is 13.2 Å². The average Bonchev–Trinajstić information content (AvgIpc) is 2.25. The summed E-state index contributed by atoms with van der Waals surface area (Å²) in [6.45, 7) is -0.354. The van der Waals surface area contributed by atoms with Gasteiger partial charge in [0, 0.05) is 0 Å². The number of rotatable bonds is 3. The fourth-order valence-corrected chi connectivity index (χ4v) is 1.31. The number of halogens is 3. The normalized spacial score (nSPS) is 13.2. The minimum absolute atomic E-state index is 0.122. The molecule has 1 unspecified atom stereocenters. The molecule has 0 radical (unpaired) electrons. The van der Waals surface area contributed by atoms with Crippen LogP contribution in [0.15, 0.2) is 24.3 Å². The second-order valence-corrected chi connectivity index (χ2v) is 3.41. The molecule has 86 valence electrons. The third-order valence-corrected chi connectivity index (χ3v) is 2.14. The molecule has 0 aromatic heterocycles. The minimum Gasteiger partial charge on any atom is -0.395 e. The second kappa shape index (κ2) is 4.99. The Hall–Kier alpha value is -1.54. The first-order valence-electron chi connectivity index (χ1n) is 4.64. The van der Waals surface area contributed by atoms with E-state index in [0.29, 0.717) is 5.56 Å². The topological polar surface area (TPSA) is 44.0 Å². The van der Waals surface area contributed by atoms with Crippen molar-refractivity contribution in [2.24, 2.45) is 5.92 Å². The summed E-state index contributed by atoms with van der Waals surface area (Å²) in [5, 5.41) is 17.4. The molecule has 0 aliphatic rings. The van der Waals surface area contributed by atoms with Crippen molar-refractivity contribution in [1.82, 2.24) is 0 Å². The molecule has 1 atom stereocenters. The Kier molecular flexibility index (Phi) is 3.91. The van der Waals surface area contributed by atoms with Gasteiger partial charge < -0.3 is 5.11 Å². The lowest BCUT2D eigenvalue weighted by Crippen LogP contribution is -2.09. The van der Waals surface area contributed by atoms with Gasteiger partial charge in [-0.05, 0) is 18.1 Å². The molecule has 1 aromatic carbocycles. The molecule has 16 heavy (non-hydrogen) atoms. The maximum atomic E-state index is 12.4. The van der Waals surface area contributed by atoms with Gasteiger partial charge in [-0.2, -0.15) is 18.4 Å². The minimum atomic E-state index is -4.38. The van der Waals surface area contributed by atoms with Gasteiger partial charge in [-0.25, -0.2) is 0 Å². The maximum Gasteiger partial charge on any atom is 0.416 e. The lowest BCUT2D eigenvalue weighted by Gasteiger charge is -2.10. The molecule has 5 heteroatoms. The SMILES string of the molecule is N#CC(CO)Cc1cccc(C(F)(F)F)c1. The Morgan fingerprint density at radius 3 is 2.56 bits per heavy atom. The van der Waals surface area contributed by atoms with E-state index in [0.717, 1.165) is 12.1 Å². The van der Waals surface area contributed by atoms with Crippen molar-refractivity contribution in [3.8, 4) is 6.07 Å². The first kappa shape index (κ1) is 12.5. The fraction of sp³-hybridized carbons (Fsp3) is 0.364. The number of nitriles is 1. The highest BCUT2D eigenvalue weighted by molar-refractivity contribution is 5.26. The highest BCUT2D eigenvalue weighted by Gasteiger charge is 2.30. The molecular formula is C11H10F3NO. The first-order valence-corrected chi connectivity index (χ1v) is 4.64. The molecule has 0 heterocycles. The molecule has 0 aliphatic carbocycles. The van der Waals surface area contributed by atoms with Crippen molar-refractivity contribution in [2.75, 3.05) is 6.61 Å². The monoisotopic (exact) mass is 229 g/mol. The third kappa shape index (κ3) is 3.24. The van der Waals surface area contributed by atoms with Crippen LogP contribution >= 0.6 is 0 Å². The molecule has 0 saturated heterocycles. The van der Waals surface area contributed by atoms with E-state index in [1.807, 2.05) is 6.07 Å². The van der Waals surface area contributed by atoms with Gasteiger partial charge in [-0.3, -0.25) is 0 Å². The Labute approximate surface area is 90.9 Å². The van der Waals surface area contributed by atoms with Crippen molar-refractivity contribution < 1.29 is 18.3 Å². The largest absolute Gasteiger partial charge is 0.416 e. The zero-order chi connectivity index (χ0) is 12.2. The van der Waals surface area contributed by atoms with E-state index in [9.17, 15) is 13.2 Å². The Morgan fingerprint density at radius 2 is 2.06 bits per heavy atom. The predicted octanol–water partition coefficient (Wildman–Crippen LogP) is 2.38. The van der Waals surface area contributed by atoms with Crippen LogP contribution in [0.5, 0.6) is 0 Å². The van der Waals surface area contributed by atoms with Crippen molar-refractivity contribution in [1.29, 1.82) is 5.26 Å². The summed E-state index contributed by atoms with van der Waals surface area (Å²) in [6, 6.07) is 6.61. The van der Waals surface area contributed by atoms with E-state index >= 15 is 0 Å². The lowest BCUT2D eigenvalue weighted by atomic mass is 10.00. The van der Waals surface area contributed by atoms with Gasteiger partial charge in [0.2, 0.25) is 0 Å². The smallest absolute Gasteiger partial charge is 0.395 e. The highest BCUT2D eigenvalue weighted by atomic mass is 19.4. The quantitative estimate of drug-likeness (QED) is 0.864. The summed E-state index contributed by atoms with van der Waals surface area (Å²) in [4.78, 5) is 0. The molecule has 0 saturated carbocycles. The van der Waals surface area contributed by atoms with E-state index in [1.165, 1.54) is 12.1 Å². The second-order valence-electron chi connectivity index (χ2n) is 3.41. The van der Waals surface area contributed by atoms with Gasteiger partial charge in [0.1, 0.15) is 0 Å². The van der Waals surface area contributed by atoms with E-state index in [2.05, 4.69) is 0 Å². The third-order valence-electron chi connectivity index (χ3n) is 2.14. The van der Waals surface area contributed by atoms with Crippen LogP contribution < -0.4 is 0 Å². The number of hydrogen-bond donors (Lipinski definition) is 1. The number of benzene rings is 1. The number of aliphatic hydroxyl groups is 1. The molecule has 0 fully saturated rings. The summed E-state index contributed by atoms with van der Waals surface area (Å²) >= 11 is 0. The van der Waals surface area contributed by atoms with Gasteiger partial charge in [0.25, 0.3) is 0 Å². The summed E-state index contributed by atoms with van der Waals surface area (Å²) in [7, 11) is 0. The molecule has 0 aliphatic heterocycles. The van der Waals surface area contributed by atoms with Gasteiger partial charge in [-0.15, -0.1) is 0 Å². The van der Waals surface area contributed by atoms with Crippen molar-refractivity contribution >= 4 is 0 Å². The standard InChI is InChI=1S/C11H10F3NO/c12-11(13,14)10-3-1-2-8(5-10)4-9(6-15)7-16/h1-3,5,9,16H,4,7H2. The molecule has 1 aromatic rings. The predicted molar refractivity (Wildman–Crippen MR) is 51.3 cm³/mol. The van der Waals surface area contributed by atoms with Crippen LogP contribution in [0.3, 0.4) is 0 Å². The van der Waals surface area contributed by atoms with Crippen molar-refractivity contribution in [3.63, 3.8) is 0 Å². The van der Waals surface area contributed by atoms with E-state index in [1.54, 1.807) is 0 Å². The van der Waals surface area contributed by atoms with Crippen LogP contribution in [0, 0.1) is 17.2 Å². The van der Waals surface area contributed by atoms with Crippen LogP contribution in [0.25, 0.3) is 0 Å². The van der Waals surface area contributed by atoms with Gasteiger partial charge >= 0.3 is 6.18 Å². The van der Waals surface area contributed by atoms with Crippen molar-refractivity contribution in [3.05, 3.63) is 35.4 Å². The van der Waals surface area contributed by atoms with Crippen molar-refractivity contribution in [2.45, 2.75) is 12.6 Å². The number of alkyl halides is 3. The van der Waals surface area contributed by atoms with E-state index < -0.39 is 17.7 Å². The Bertz CT molecular complexity index is 395. The molecule has 0 bridgehead atoms. The molecular weight excluding hydrogens is 219 g/mol. The summed E-state index contributed by atoms with van der Waals surface area (Å²) in [5.74, 6) is -0.663. The summed E-state index contributed by atoms with van der Waals surface area (Å²) < 4.78 is 37.1. The summed E-state index contributed by atoms with van der Waals surface area (Å²) in [6.07, 6.45) is -4.26. The van der Waals surface area contributed by atoms with Gasteiger partial charge in [0.15, 0.2) is 0 Å². The molecule has 1 rings (SSSR count). The molecule has 2 nitrogen and oxygen atoms in total. The van der Waals surface area contributed by atoms with Crippen LogP contribution in [0.2, 0.25) is 0 Å². The zero-order valence-electron chi connectivity index (χ0n) is 8.33. The van der Waals surface area contributed by atoms with E-state index in [-0.39, 0.29) is 13.0 Å². The maximum absolute atomic E-state index is 12.4. The Morgan fingerprint density at radius 1 is 1.38 bits per heavy atom. The Balaban J connectivity index is 2.88. The molecule has 0 spiro atoms. The van der Waals surface area contributed by atoms with Gasteiger partial charge in [0.05, 0.1) is 24.2 Å². The summed E-state index contributed by atoms with van der Waals surface area (Å²) in [5.41, 5.74) is -0.338. The molecule has 1 N–H and O–H groups in total. The fourth-order valence-electron chi connectivity index (χ4n) is 1.31. The van der Waals surface area contributed by atoms with Crippen LogP contribution in [-0.4, -0.2) is 11.7 Å².